The van der Waals surface area contributed by atoms with E-state index in [-0.39, 0.29) is 47.3 Å². The molecule has 0 aromatic rings. The number of carbonyl (C=O) groups excluding carboxylic acids is 1. The summed E-state index contributed by atoms with van der Waals surface area (Å²) in [7, 11) is 5.39. The fraction of sp³-hybridized carbons (Fsp3) is 0.824. The van der Waals surface area contributed by atoms with Gasteiger partial charge >= 0.3 is 0 Å². The first-order chi connectivity index (χ1) is 11.0. The van der Waals surface area contributed by atoms with Crippen molar-refractivity contribution in [3.63, 3.8) is 0 Å². The number of carbonyl (C=O) groups is 1. The number of amides is 1. The Balaban J connectivity index is 0.00000288. The molecule has 136 valence electrons. The van der Waals surface area contributed by atoms with Crippen LogP contribution in [0.4, 0.5) is 0 Å². The lowest BCUT2D eigenvalue weighted by Gasteiger charge is -2.32. The van der Waals surface area contributed by atoms with Gasteiger partial charge in [0, 0.05) is 33.7 Å². The molecular formula is C17H30IN5O. The number of hydrogen-bond donors (Lipinski definition) is 2. The molecule has 0 aromatic carbocycles. The minimum atomic E-state index is -0.314. The van der Waals surface area contributed by atoms with Crippen molar-refractivity contribution < 1.29 is 4.79 Å². The number of aliphatic imine (C=N–C) groups is 1. The Bertz CT molecular complexity index is 494. The second-order valence-corrected chi connectivity index (χ2v) is 7.03. The minimum Gasteiger partial charge on any atom is -0.355 e. The van der Waals surface area contributed by atoms with Gasteiger partial charge in [-0.2, -0.15) is 5.26 Å². The van der Waals surface area contributed by atoms with Crippen LogP contribution < -0.4 is 10.6 Å². The van der Waals surface area contributed by atoms with E-state index in [9.17, 15) is 10.1 Å². The molecule has 2 atom stereocenters. The molecule has 0 heterocycles. The molecule has 6 nitrogen and oxygen atoms in total. The van der Waals surface area contributed by atoms with Crippen LogP contribution in [0.2, 0.25) is 0 Å². The molecule has 0 aliphatic heterocycles. The molecule has 2 saturated carbocycles. The second kappa shape index (κ2) is 9.44. The number of nitrogens with zero attached hydrogens (tertiary/aromatic N) is 3. The molecule has 0 bridgehead atoms. The normalized spacial score (nSPS) is 25.5. The molecule has 24 heavy (non-hydrogen) atoms. The summed E-state index contributed by atoms with van der Waals surface area (Å²) in [4.78, 5) is 18.6. The predicted molar refractivity (Wildman–Crippen MR) is 106 cm³/mol. The van der Waals surface area contributed by atoms with Gasteiger partial charge in [-0.15, -0.1) is 24.0 Å². The first-order valence-electron chi connectivity index (χ1n) is 8.61. The smallest absolute Gasteiger partial charge is 0.230 e. The third kappa shape index (κ3) is 4.74. The maximum absolute atomic E-state index is 12.6. The Hall–Kier alpha value is -1.04. The van der Waals surface area contributed by atoms with E-state index in [1.165, 1.54) is 0 Å². The summed E-state index contributed by atoms with van der Waals surface area (Å²) in [6.07, 6.45) is 7.10. The van der Waals surface area contributed by atoms with Crippen LogP contribution in [0.15, 0.2) is 4.99 Å². The number of halogens is 1. The maximum Gasteiger partial charge on any atom is 0.230 e. The zero-order valence-corrected chi connectivity index (χ0v) is 17.3. The van der Waals surface area contributed by atoms with Crippen LogP contribution in [0.25, 0.3) is 0 Å². The van der Waals surface area contributed by atoms with Gasteiger partial charge in [-0.05, 0) is 32.1 Å². The Morgan fingerprint density at radius 3 is 2.50 bits per heavy atom. The highest BCUT2D eigenvalue weighted by Gasteiger charge is 2.42. The average Bonchev–Trinajstić information content (AvgIpc) is 3.20. The summed E-state index contributed by atoms with van der Waals surface area (Å²) in [5.41, 5.74) is -0.314. The summed E-state index contributed by atoms with van der Waals surface area (Å²) in [6, 6.07) is 2.54. The minimum absolute atomic E-state index is 0. The quantitative estimate of drug-likeness (QED) is 0.393. The van der Waals surface area contributed by atoms with Crippen LogP contribution in [-0.2, 0) is 4.79 Å². The van der Waals surface area contributed by atoms with Gasteiger partial charge in [0.25, 0.3) is 0 Å². The SMILES string of the molecule is CN=C(NCC1(C(=O)N(C)C)CCCC1)NC1CCCC1C#N.I. The zero-order chi connectivity index (χ0) is 16.9. The van der Waals surface area contributed by atoms with Crippen molar-refractivity contribution in [3.8, 4) is 6.07 Å². The molecule has 0 aromatic heterocycles. The van der Waals surface area contributed by atoms with Crippen molar-refractivity contribution in [2.45, 2.75) is 51.0 Å². The Morgan fingerprint density at radius 2 is 1.96 bits per heavy atom. The topological polar surface area (TPSA) is 80.5 Å². The molecule has 2 aliphatic rings. The summed E-state index contributed by atoms with van der Waals surface area (Å²) in [6.45, 7) is 0.605. The Morgan fingerprint density at radius 1 is 1.29 bits per heavy atom. The van der Waals surface area contributed by atoms with Crippen LogP contribution in [0.3, 0.4) is 0 Å². The third-order valence-corrected chi connectivity index (χ3v) is 5.24. The average molecular weight is 447 g/mol. The van der Waals surface area contributed by atoms with Crippen LogP contribution >= 0.6 is 24.0 Å². The number of nitrogens with one attached hydrogen (secondary N) is 2. The van der Waals surface area contributed by atoms with Gasteiger partial charge in [0.2, 0.25) is 5.91 Å². The third-order valence-electron chi connectivity index (χ3n) is 5.24. The predicted octanol–water partition coefficient (Wildman–Crippen LogP) is 2.11. The molecule has 2 fully saturated rings. The van der Waals surface area contributed by atoms with Crippen molar-refractivity contribution in [3.05, 3.63) is 0 Å². The summed E-state index contributed by atoms with van der Waals surface area (Å²) < 4.78 is 0. The number of guanidine groups is 1. The second-order valence-electron chi connectivity index (χ2n) is 7.03. The molecular weight excluding hydrogens is 417 g/mol. The molecule has 2 rings (SSSR count). The van der Waals surface area contributed by atoms with Crippen LogP contribution in [0.1, 0.15) is 44.9 Å². The lowest BCUT2D eigenvalue weighted by Crippen LogP contribution is -2.51. The Labute approximate surface area is 162 Å². The van der Waals surface area contributed by atoms with E-state index in [2.05, 4.69) is 21.7 Å². The molecule has 7 heteroatoms. The lowest BCUT2D eigenvalue weighted by molar-refractivity contribution is -0.138. The molecule has 0 saturated heterocycles. The van der Waals surface area contributed by atoms with Crippen molar-refractivity contribution >= 4 is 35.8 Å². The summed E-state index contributed by atoms with van der Waals surface area (Å²) >= 11 is 0. The molecule has 0 spiro atoms. The van der Waals surface area contributed by atoms with Crippen LogP contribution in [-0.4, -0.2) is 50.5 Å². The van der Waals surface area contributed by atoms with Crippen molar-refractivity contribution in [1.29, 1.82) is 5.26 Å². The van der Waals surface area contributed by atoms with Gasteiger partial charge in [0.05, 0.1) is 17.4 Å². The van der Waals surface area contributed by atoms with Gasteiger partial charge in [-0.1, -0.05) is 12.8 Å². The van der Waals surface area contributed by atoms with E-state index in [0.717, 1.165) is 44.9 Å². The summed E-state index contributed by atoms with van der Waals surface area (Å²) in [5.74, 6) is 0.959. The molecule has 0 radical (unpaired) electrons. The van der Waals surface area contributed by atoms with E-state index in [1.54, 1.807) is 11.9 Å². The first-order valence-corrected chi connectivity index (χ1v) is 8.61. The van der Waals surface area contributed by atoms with Gasteiger partial charge in [-0.25, -0.2) is 0 Å². The van der Waals surface area contributed by atoms with Gasteiger partial charge in [0.1, 0.15) is 0 Å². The van der Waals surface area contributed by atoms with Crippen molar-refractivity contribution in [2.75, 3.05) is 27.7 Å². The largest absolute Gasteiger partial charge is 0.355 e. The molecule has 2 unspecified atom stereocenters. The van der Waals surface area contributed by atoms with Gasteiger partial charge < -0.3 is 15.5 Å². The van der Waals surface area contributed by atoms with Crippen molar-refractivity contribution in [1.82, 2.24) is 15.5 Å². The van der Waals surface area contributed by atoms with E-state index in [4.69, 9.17) is 0 Å². The van der Waals surface area contributed by atoms with E-state index < -0.39 is 0 Å². The molecule has 2 N–H and O–H groups in total. The standard InChI is InChI=1S/C17H29N5O.HI/c1-19-16(21-14-8-6-7-13(14)11-18)20-12-17(9-4-5-10-17)15(23)22(2)3;/h13-14H,4-10,12H2,1-3H3,(H2,19,20,21);1H. The fourth-order valence-electron chi connectivity index (χ4n) is 3.90. The Kier molecular flexibility index (Phi) is 8.27. The van der Waals surface area contributed by atoms with E-state index in [0.29, 0.717) is 12.5 Å². The van der Waals surface area contributed by atoms with E-state index in [1.807, 2.05) is 14.1 Å². The zero-order valence-electron chi connectivity index (χ0n) is 15.0. The van der Waals surface area contributed by atoms with Crippen LogP contribution in [0, 0.1) is 22.7 Å². The van der Waals surface area contributed by atoms with E-state index >= 15 is 0 Å². The number of rotatable bonds is 4. The van der Waals surface area contributed by atoms with Gasteiger partial charge in [0.15, 0.2) is 5.96 Å². The maximum atomic E-state index is 12.6. The number of hydrogen-bond acceptors (Lipinski definition) is 3. The van der Waals surface area contributed by atoms with Gasteiger partial charge in [-0.3, -0.25) is 9.79 Å². The van der Waals surface area contributed by atoms with Crippen molar-refractivity contribution in [2.24, 2.45) is 16.3 Å². The first kappa shape index (κ1) is 21.0. The molecule has 1 amide bonds. The highest BCUT2D eigenvalue weighted by Crippen LogP contribution is 2.38. The monoisotopic (exact) mass is 447 g/mol. The van der Waals surface area contributed by atoms with Crippen LogP contribution in [0.5, 0.6) is 0 Å². The number of nitriles is 1. The highest BCUT2D eigenvalue weighted by molar-refractivity contribution is 14.0. The summed E-state index contributed by atoms with van der Waals surface area (Å²) in [5, 5.41) is 15.9. The molecule has 2 aliphatic carbocycles. The fourth-order valence-corrected chi connectivity index (χ4v) is 3.90. The highest BCUT2D eigenvalue weighted by atomic mass is 127. The lowest BCUT2D eigenvalue weighted by atomic mass is 9.84.